The molecule has 0 rings (SSSR count). The van der Waals surface area contributed by atoms with Crippen LogP contribution >= 0.6 is 0 Å². The molecule has 0 unspecified atom stereocenters. The molecule has 0 atom stereocenters. The Balaban J connectivity index is 0. The molecule has 0 saturated carbocycles. The monoisotopic (exact) mass is 200 g/mol. The van der Waals surface area contributed by atoms with Crippen molar-refractivity contribution >= 4 is 43.7 Å². The van der Waals surface area contributed by atoms with Gasteiger partial charge >= 0.3 is 43.7 Å². The van der Waals surface area contributed by atoms with Crippen molar-refractivity contribution in [1.29, 1.82) is 0 Å². The van der Waals surface area contributed by atoms with Gasteiger partial charge in [0.1, 0.15) is 0 Å². The first-order valence-corrected chi connectivity index (χ1v) is 4.46. The molecule has 0 spiro atoms. The van der Waals surface area contributed by atoms with E-state index in [0.717, 1.165) is 25.7 Å². The number of hydrogen-bond acceptors (Lipinski definition) is 2. The second-order valence-electron chi connectivity index (χ2n) is 2.68. The maximum absolute atomic E-state index is 10.9. The first kappa shape index (κ1) is 15.2. The number of carbonyl (C=O) groups excluding carboxylic acids is 1. The molecule has 0 saturated heterocycles. The molecule has 3 heteroatoms. The van der Waals surface area contributed by atoms with Crippen LogP contribution in [0.3, 0.4) is 0 Å². The molecule has 0 fully saturated rings. The van der Waals surface area contributed by atoms with Crippen molar-refractivity contribution in [3.63, 3.8) is 0 Å². The molecular formula is C9H20CaO2. The van der Waals surface area contributed by atoms with E-state index in [-0.39, 0.29) is 43.7 Å². The van der Waals surface area contributed by atoms with E-state index in [2.05, 4.69) is 6.92 Å². The fraction of sp³-hybridized carbons (Fsp3) is 0.889. The number of hydrogen-bond donors (Lipinski definition) is 0. The zero-order chi connectivity index (χ0) is 8.53. The summed E-state index contributed by atoms with van der Waals surface area (Å²) < 4.78 is 4.90. The Labute approximate surface area is 105 Å². The van der Waals surface area contributed by atoms with Gasteiger partial charge in [0.15, 0.2) is 0 Å². The Morgan fingerprint density at radius 3 is 2.33 bits per heavy atom. The van der Waals surface area contributed by atoms with Gasteiger partial charge in [0, 0.05) is 6.42 Å². The average Bonchev–Trinajstić information content (AvgIpc) is 2.01. The molecule has 0 aromatic rings. The van der Waals surface area contributed by atoms with Crippen molar-refractivity contribution < 1.29 is 9.53 Å². The number of carbonyl (C=O) groups is 1. The minimum atomic E-state index is -0.0414. The van der Waals surface area contributed by atoms with Crippen LogP contribution in [0.2, 0.25) is 0 Å². The van der Waals surface area contributed by atoms with E-state index in [1.165, 1.54) is 0 Å². The molecule has 0 aliphatic heterocycles. The van der Waals surface area contributed by atoms with Crippen LogP contribution in [0.15, 0.2) is 0 Å². The van der Waals surface area contributed by atoms with Crippen molar-refractivity contribution in [2.24, 2.45) is 0 Å². The summed E-state index contributed by atoms with van der Waals surface area (Å²) in [5.41, 5.74) is 0. The Morgan fingerprint density at radius 2 is 1.83 bits per heavy atom. The van der Waals surface area contributed by atoms with Crippen molar-refractivity contribution in [3.8, 4) is 0 Å². The molecular weight excluding hydrogens is 180 g/mol. The molecule has 0 heterocycles. The predicted molar refractivity (Wildman–Crippen MR) is 53.9 cm³/mol. The molecule has 2 nitrogen and oxygen atoms in total. The molecule has 0 aliphatic rings. The van der Waals surface area contributed by atoms with Gasteiger partial charge in [-0.3, -0.25) is 4.79 Å². The molecule has 70 valence electrons. The van der Waals surface area contributed by atoms with Crippen LogP contribution in [0, 0.1) is 0 Å². The van der Waals surface area contributed by atoms with Crippen LogP contribution in [0.1, 0.15) is 46.0 Å². The Hall–Kier alpha value is 0.730. The van der Waals surface area contributed by atoms with Crippen molar-refractivity contribution in [2.75, 3.05) is 6.61 Å². The van der Waals surface area contributed by atoms with Crippen LogP contribution in [0.4, 0.5) is 0 Å². The fourth-order valence-corrected chi connectivity index (χ4v) is 0.807. The maximum atomic E-state index is 10.9. The summed E-state index contributed by atoms with van der Waals surface area (Å²) in [5.74, 6) is -0.0414. The quantitative estimate of drug-likeness (QED) is 0.370. The Bertz CT molecular complexity index is 105. The minimum absolute atomic E-state index is 0. The SMILES string of the molecule is CCCCCC(=O)OCCC.[CaH2]. The molecule has 0 radical (unpaired) electrons. The predicted octanol–water partition coefficient (Wildman–Crippen LogP) is 1.60. The van der Waals surface area contributed by atoms with E-state index in [0.29, 0.717) is 13.0 Å². The van der Waals surface area contributed by atoms with Crippen molar-refractivity contribution in [1.82, 2.24) is 0 Å². The van der Waals surface area contributed by atoms with Gasteiger partial charge in [-0.2, -0.15) is 0 Å². The van der Waals surface area contributed by atoms with Crippen LogP contribution < -0.4 is 0 Å². The molecule has 12 heavy (non-hydrogen) atoms. The van der Waals surface area contributed by atoms with Crippen molar-refractivity contribution in [3.05, 3.63) is 0 Å². The first-order valence-electron chi connectivity index (χ1n) is 4.46. The van der Waals surface area contributed by atoms with Gasteiger partial charge in [0.25, 0.3) is 0 Å². The second-order valence-corrected chi connectivity index (χ2v) is 2.68. The van der Waals surface area contributed by atoms with Crippen LogP contribution in [0.5, 0.6) is 0 Å². The van der Waals surface area contributed by atoms with Gasteiger partial charge in [-0.25, -0.2) is 0 Å². The van der Waals surface area contributed by atoms with Gasteiger partial charge in [0.05, 0.1) is 6.61 Å². The van der Waals surface area contributed by atoms with Crippen molar-refractivity contribution in [2.45, 2.75) is 46.0 Å². The van der Waals surface area contributed by atoms with Gasteiger partial charge in [0.2, 0.25) is 0 Å². The van der Waals surface area contributed by atoms with E-state index in [1.807, 2.05) is 6.92 Å². The van der Waals surface area contributed by atoms with Crippen LogP contribution in [0.25, 0.3) is 0 Å². The molecule has 0 N–H and O–H groups in total. The number of rotatable bonds is 6. The van der Waals surface area contributed by atoms with E-state index >= 15 is 0 Å². The second kappa shape index (κ2) is 11.7. The van der Waals surface area contributed by atoms with Gasteiger partial charge in [-0.1, -0.05) is 26.7 Å². The summed E-state index contributed by atoms with van der Waals surface area (Å²) in [5, 5.41) is 0. The summed E-state index contributed by atoms with van der Waals surface area (Å²) in [4.78, 5) is 10.9. The van der Waals surface area contributed by atoms with Gasteiger partial charge < -0.3 is 4.74 Å². The zero-order valence-corrected chi connectivity index (χ0v) is 7.56. The first-order chi connectivity index (χ1) is 5.31. The number of esters is 1. The number of unbranched alkanes of at least 4 members (excludes halogenated alkanes) is 2. The summed E-state index contributed by atoms with van der Waals surface area (Å²) in [6.45, 7) is 4.70. The van der Waals surface area contributed by atoms with Gasteiger partial charge in [-0.15, -0.1) is 0 Å². The third kappa shape index (κ3) is 10.7. The number of ether oxygens (including phenoxy) is 1. The third-order valence-electron chi connectivity index (χ3n) is 1.45. The summed E-state index contributed by atoms with van der Waals surface area (Å²) in [6.07, 6.45) is 4.76. The molecule has 0 aromatic heterocycles. The Morgan fingerprint density at radius 1 is 1.17 bits per heavy atom. The zero-order valence-electron chi connectivity index (χ0n) is 7.56. The van der Waals surface area contributed by atoms with Gasteiger partial charge in [-0.05, 0) is 12.8 Å². The molecule has 0 aliphatic carbocycles. The molecule has 0 amide bonds. The van der Waals surface area contributed by atoms with Crippen LogP contribution in [-0.2, 0) is 9.53 Å². The van der Waals surface area contributed by atoms with E-state index in [9.17, 15) is 4.79 Å². The average molecular weight is 200 g/mol. The standard InChI is InChI=1S/C9H18O2.Ca.2H/c1-3-5-6-7-9(10)11-8-4-2;;;/h3-8H2,1-2H3;;;. The van der Waals surface area contributed by atoms with E-state index in [1.54, 1.807) is 0 Å². The van der Waals surface area contributed by atoms with Crippen LogP contribution in [-0.4, -0.2) is 50.3 Å². The molecule has 0 bridgehead atoms. The summed E-state index contributed by atoms with van der Waals surface area (Å²) >= 11 is 0. The van der Waals surface area contributed by atoms with E-state index in [4.69, 9.17) is 4.74 Å². The van der Waals surface area contributed by atoms with E-state index < -0.39 is 0 Å². The normalized spacial score (nSPS) is 8.83. The topological polar surface area (TPSA) is 26.3 Å². The molecule has 0 aromatic carbocycles. The summed E-state index contributed by atoms with van der Waals surface area (Å²) in [7, 11) is 0. The summed E-state index contributed by atoms with van der Waals surface area (Å²) in [6, 6.07) is 0. The Kier molecular flexibility index (Phi) is 14.9. The fourth-order valence-electron chi connectivity index (χ4n) is 0.807. The third-order valence-corrected chi connectivity index (χ3v) is 1.45.